The smallest absolute Gasteiger partial charge is 0.325 e. The standard InChI is InChI=1S/C22H28N6O3S/c1-13-10-14(2)12-27(11-13)20-24-18-17(19(29)25-21(30)26(18)3)28(20)8-9-32-22-23-15-6-4-5-7-16(15)31-22/h4-7,13-14,17-18H,8-12H2,1-3H3,(H,25,29,30). The third-order valence-corrected chi connectivity index (χ3v) is 7.13. The Labute approximate surface area is 191 Å². The molecule has 10 heteroatoms. The Bertz CT molecular complexity index is 1030. The fourth-order valence-corrected chi connectivity index (χ4v) is 5.76. The minimum atomic E-state index is -0.524. The van der Waals surface area contributed by atoms with Crippen molar-refractivity contribution in [2.45, 2.75) is 37.7 Å². The molecule has 1 N–H and O–H groups in total. The van der Waals surface area contributed by atoms with Gasteiger partial charge in [0.05, 0.1) is 0 Å². The Balaban J connectivity index is 1.36. The summed E-state index contributed by atoms with van der Waals surface area (Å²) < 4.78 is 5.82. The molecule has 32 heavy (non-hydrogen) atoms. The summed E-state index contributed by atoms with van der Waals surface area (Å²) in [5, 5.41) is 3.09. The Morgan fingerprint density at radius 2 is 1.94 bits per heavy atom. The maximum Gasteiger partial charge on any atom is 0.325 e. The van der Waals surface area contributed by atoms with E-state index in [0.717, 1.165) is 30.1 Å². The molecule has 0 aliphatic carbocycles. The number of hydrogen-bond donors (Lipinski definition) is 1. The number of oxazole rings is 1. The van der Waals surface area contributed by atoms with Crippen molar-refractivity contribution >= 4 is 40.8 Å². The first-order chi connectivity index (χ1) is 15.4. The van der Waals surface area contributed by atoms with Crippen molar-refractivity contribution in [3.63, 3.8) is 0 Å². The first kappa shape index (κ1) is 21.1. The summed E-state index contributed by atoms with van der Waals surface area (Å²) >= 11 is 1.52. The number of benzene rings is 1. The molecule has 2 aromatic rings. The number of aromatic nitrogens is 1. The number of amides is 3. The molecule has 4 heterocycles. The number of piperidine rings is 1. The molecule has 4 unspecified atom stereocenters. The highest BCUT2D eigenvalue weighted by Crippen LogP contribution is 2.30. The number of imide groups is 1. The van der Waals surface area contributed by atoms with Crippen LogP contribution in [0.25, 0.3) is 11.1 Å². The Kier molecular flexibility index (Phi) is 5.48. The van der Waals surface area contributed by atoms with Crippen molar-refractivity contribution in [1.29, 1.82) is 0 Å². The number of urea groups is 1. The van der Waals surface area contributed by atoms with Crippen LogP contribution in [0.2, 0.25) is 0 Å². The van der Waals surface area contributed by atoms with Gasteiger partial charge in [0.2, 0.25) is 0 Å². The van der Waals surface area contributed by atoms with Gasteiger partial charge in [0.1, 0.15) is 5.52 Å². The normalized spacial score (nSPS) is 28.2. The minimum Gasteiger partial charge on any atom is -0.431 e. The van der Waals surface area contributed by atoms with Gasteiger partial charge in [-0.15, -0.1) is 0 Å². The largest absolute Gasteiger partial charge is 0.431 e. The van der Waals surface area contributed by atoms with Crippen LogP contribution in [-0.4, -0.2) is 82.2 Å². The van der Waals surface area contributed by atoms with Gasteiger partial charge in [-0.05, 0) is 30.4 Å². The average molecular weight is 457 g/mol. The third kappa shape index (κ3) is 3.80. The maximum atomic E-state index is 12.8. The van der Waals surface area contributed by atoms with E-state index in [9.17, 15) is 9.59 Å². The van der Waals surface area contributed by atoms with Crippen LogP contribution < -0.4 is 5.32 Å². The highest BCUT2D eigenvalue weighted by Gasteiger charge is 2.50. The van der Waals surface area contributed by atoms with Gasteiger partial charge in [-0.1, -0.05) is 37.7 Å². The number of hydrogen-bond acceptors (Lipinski definition) is 8. The molecule has 0 radical (unpaired) electrons. The predicted molar refractivity (Wildman–Crippen MR) is 122 cm³/mol. The quantitative estimate of drug-likeness (QED) is 0.706. The van der Waals surface area contributed by atoms with E-state index >= 15 is 0 Å². The molecular formula is C22H28N6O3S. The second-order valence-electron chi connectivity index (χ2n) is 9.03. The van der Waals surface area contributed by atoms with E-state index in [-0.39, 0.29) is 5.91 Å². The molecule has 0 saturated carbocycles. The molecule has 3 aliphatic heterocycles. The van der Waals surface area contributed by atoms with Gasteiger partial charge < -0.3 is 19.1 Å². The number of nitrogens with zero attached hydrogens (tertiary/aromatic N) is 5. The van der Waals surface area contributed by atoms with E-state index in [1.165, 1.54) is 23.1 Å². The summed E-state index contributed by atoms with van der Waals surface area (Å²) in [6.07, 6.45) is 0.677. The fraction of sp³-hybridized carbons (Fsp3) is 0.545. The first-order valence-corrected chi connectivity index (χ1v) is 12.0. The number of guanidine groups is 1. The lowest BCUT2D eigenvalue weighted by Crippen LogP contribution is -2.64. The number of rotatable bonds is 4. The van der Waals surface area contributed by atoms with Crippen molar-refractivity contribution in [2.75, 3.05) is 32.4 Å². The number of likely N-dealkylation sites (tertiary alicyclic amines) is 1. The zero-order valence-corrected chi connectivity index (χ0v) is 19.3. The van der Waals surface area contributed by atoms with E-state index in [1.807, 2.05) is 24.3 Å². The molecular weight excluding hydrogens is 428 g/mol. The summed E-state index contributed by atoms with van der Waals surface area (Å²) in [5.74, 6) is 2.30. The monoisotopic (exact) mass is 456 g/mol. The van der Waals surface area contributed by atoms with Crippen LogP contribution >= 0.6 is 11.8 Å². The number of carbonyl (C=O) groups is 2. The van der Waals surface area contributed by atoms with E-state index < -0.39 is 18.2 Å². The summed E-state index contributed by atoms with van der Waals surface area (Å²) in [7, 11) is 1.69. The van der Waals surface area contributed by atoms with Crippen molar-refractivity contribution in [2.24, 2.45) is 16.8 Å². The van der Waals surface area contributed by atoms with Crippen LogP contribution in [0.15, 0.2) is 38.9 Å². The van der Waals surface area contributed by atoms with Crippen molar-refractivity contribution in [1.82, 2.24) is 25.0 Å². The molecule has 3 aliphatic rings. The highest BCUT2D eigenvalue weighted by molar-refractivity contribution is 7.99. The van der Waals surface area contributed by atoms with E-state index in [0.29, 0.717) is 29.4 Å². The average Bonchev–Trinajstić information content (AvgIpc) is 3.33. The van der Waals surface area contributed by atoms with Gasteiger partial charge in [-0.25, -0.2) is 14.8 Å². The van der Waals surface area contributed by atoms with Gasteiger partial charge in [0.15, 0.2) is 23.8 Å². The Morgan fingerprint density at radius 1 is 1.19 bits per heavy atom. The second-order valence-corrected chi connectivity index (χ2v) is 10.1. The van der Waals surface area contributed by atoms with E-state index in [2.05, 4.69) is 33.9 Å². The summed E-state index contributed by atoms with van der Waals surface area (Å²) in [6.45, 7) is 6.90. The Hall–Kier alpha value is -2.75. The van der Waals surface area contributed by atoms with E-state index in [4.69, 9.17) is 9.41 Å². The number of para-hydroxylation sites is 2. The summed E-state index contributed by atoms with van der Waals surface area (Å²) in [6, 6.07) is 6.77. The van der Waals surface area contributed by atoms with Crippen LogP contribution in [-0.2, 0) is 4.79 Å². The van der Waals surface area contributed by atoms with Crippen molar-refractivity contribution < 1.29 is 14.0 Å². The number of aliphatic imine (C=N–C) groups is 1. The van der Waals surface area contributed by atoms with Crippen LogP contribution in [0.5, 0.6) is 0 Å². The predicted octanol–water partition coefficient (Wildman–Crippen LogP) is 2.45. The van der Waals surface area contributed by atoms with Gasteiger partial charge >= 0.3 is 6.03 Å². The number of fused-ring (bicyclic) bond motifs is 2. The van der Waals surface area contributed by atoms with E-state index in [1.54, 1.807) is 7.05 Å². The number of carbonyl (C=O) groups excluding carboxylic acids is 2. The molecule has 0 spiro atoms. The van der Waals surface area contributed by atoms with Gasteiger partial charge in [0, 0.05) is 32.4 Å². The summed E-state index contributed by atoms with van der Waals surface area (Å²) in [4.78, 5) is 40.3. The van der Waals surface area contributed by atoms with Crippen LogP contribution in [0, 0.1) is 11.8 Å². The van der Waals surface area contributed by atoms with Crippen LogP contribution in [0.4, 0.5) is 4.79 Å². The minimum absolute atomic E-state index is 0.290. The lowest BCUT2D eigenvalue weighted by atomic mass is 9.92. The number of nitrogens with one attached hydrogen (secondary N) is 1. The SMILES string of the molecule is CC1CC(C)CN(C2=NC3C(C(=O)NC(=O)N3C)N2CCSc2nc3ccccc3o2)C1. The molecule has 1 aromatic heterocycles. The third-order valence-electron chi connectivity index (χ3n) is 6.32. The topological polar surface area (TPSA) is 94.3 Å². The molecule has 1 aromatic carbocycles. The number of likely N-dealkylation sites (N-methyl/N-ethyl adjacent to an activating group) is 1. The number of thioether (sulfide) groups is 1. The van der Waals surface area contributed by atoms with Crippen molar-refractivity contribution in [3.8, 4) is 0 Å². The summed E-state index contributed by atoms with van der Waals surface area (Å²) in [5.41, 5.74) is 1.60. The van der Waals surface area contributed by atoms with Crippen molar-refractivity contribution in [3.05, 3.63) is 24.3 Å². The molecule has 4 atom stereocenters. The zero-order chi connectivity index (χ0) is 22.4. The Morgan fingerprint density at radius 3 is 2.69 bits per heavy atom. The molecule has 5 rings (SSSR count). The second kappa shape index (κ2) is 8.31. The lowest BCUT2D eigenvalue weighted by Gasteiger charge is -2.41. The highest BCUT2D eigenvalue weighted by atomic mass is 32.2. The molecule has 2 saturated heterocycles. The maximum absolute atomic E-state index is 12.8. The van der Waals surface area contributed by atoms with Crippen LogP contribution in [0.3, 0.4) is 0 Å². The van der Waals surface area contributed by atoms with Crippen LogP contribution in [0.1, 0.15) is 20.3 Å². The lowest BCUT2D eigenvalue weighted by molar-refractivity contribution is -0.127. The molecule has 3 amide bonds. The molecule has 9 nitrogen and oxygen atoms in total. The fourth-order valence-electron chi connectivity index (χ4n) is 4.98. The molecule has 0 bridgehead atoms. The molecule has 170 valence electrons. The van der Waals surface area contributed by atoms with Gasteiger partial charge in [-0.2, -0.15) is 0 Å². The first-order valence-electron chi connectivity index (χ1n) is 11.1. The molecule has 2 fully saturated rings. The zero-order valence-electron chi connectivity index (χ0n) is 18.5. The van der Waals surface area contributed by atoms with Gasteiger partial charge in [-0.3, -0.25) is 10.1 Å². The van der Waals surface area contributed by atoms with Gasteiger partial charge in [0.25, 0.3) is 11.1 Å².